The minimum atomic E-state index is -0.290. The predicted molar refractivity (Wildman–Crippen MR) is 79.3 cm³/mol. The minimum absolute atomic E-state index is 0.0171. The molecule has 104 valence electrons. The summed E-state index contributed by atoms with van der Waals surface area (Å²) in [6.45, 7) is 4.80. The summed E-state index contributed by atoms with van der Waals surface area (Å²) in [6, 6.07) is 5.77. The maximum absolute atomic E-state index is 12.5. The Hall–Kier alpha value is -0.910. The van der Waals surface area contributed by atoms with Gasteiger partial charge in [-0.25, -0.2) is 0 Å². The highest BCUT2D eigenvalue weighted by atomic mass is 79.9. The SMILES string of the molecule is Cc1ccc(N2C(=O)C(CCO)NCC2C)cc1Br. The number of rotatable bonds is 3. The van der Waals surface area contributed by atoms with E-state index in [4.69, 9.17) is 5.11 Å². The Balaban J connectivity index is 2.29. The number of anilines is 1. The van der Waals surface area contributed by atoms with Crippen molar-refractivity contribution in [2.24, 2.45) is 0 Å². The van der Waals surface area contributed by atoms with E-state index in [1.165, 1.54) is 0 Å². The van der Waals surface area contributed by atoms with Crippen molar-refractivity contribution in [1.82, 2.24) is 5.32 Å². The highest BCUT2D eigenvalue weighted by Gasteiger charge is 2.33. The van der Waals surface area contributed by atoms with Gasteiger partial charge in [0.2, 0.25) is 5.91 Å². The number of halogens is 1. The molecule has 1 saturated heterocycles. The van der Waals surface area contributed by atoms with Crippen LogP contribution in [0.2, 0.25) is 0 Å². The number of hydrogen-bond donors (Lipinski definition) is 2. The van der Waals surface area contributed by atoms with Crippen LogP contribution in [-0.2, 0) is 4.79 Å². The summed E-state index contributed by atoms with van der Waals surface area (Å²) in [6.07, 6.45) is 0.453. The van der Waals surface area contributed by atoms with Crippen molar-refractivity contribution in [3.8, 4) is 0 Å². The molecule has 1 heterocycles. The Morgan fingerprint density at radius 2 is 2.26 bits per heavy atom. The van der Waals surface area contributed by atoms with Crippen LogP contribution in [0.25, 0.3) is 0 Å². The molecule has 2 N–H and O–H groups in total. The molecule has 1 aliphatic heterocycles. The summed E-state index contributed by atoms with van der Waals surface area (Å²) in [5.41, 5.74) is 2.05. The molecular weight excluding hydrogens is 308 g/mol. The fourth-order valence-corrected chi connectivity index (χ4v) is 2.71. The maximum Gasteiger partial charge on any atom is 0.244 e. The van der Waals surface area contributed by atoms with Gasteiger partial charge in [-0.1, -0.05) is 22.0 Å². The van der Waals surface area contributed by atoms with Crippen molar-refractivity contribution in [1.29, 1.82) is 0 Å². The number of aryl methyl sites for hydroxylation is 1. The highest BCUT2D eigenvalue weighted by Crippen LogP contribution is 2.27. The summed E-state index contributed by atoms with van der Waals surface area (Å²) in [5, 5.41) is 12.2. The van der Waals surface area contributed by atoms with Crippen LogP contribution in [0.3, 0.4) is 0 Å². The molecule has 1 aromatic carbocycles. The molecule has 1 aliphatic rings. The van der Waals surface area contributed by atoms with E-state index < -0.39 is 0 Å². The number of aliphatic hydroxyl groups excluding tert-OH is 1. The fraction of sp³-hybridized carbons (Fsp3) is 0.500. The summed E-state index contributed by atoms with van der Waals surface area (Å²) in [5.74, 6) is 0.0311. The molecule has 0 radical (unpaired) electrons. The van der Waals surface area contributed by atoms with Crippen molar-refractivity contribution in [3.05, 3.63) is 28.2 Å². The van der Waals surface area contributed by atoms with Crippen LogP contribution in [0.15, 0.2) is 22.7 Å². The monoisotopic (exact) mass is 326 g/mol. The van der Waals surface area contributed by atoms with E-state index in [9.17, 15) is 4.79 Å². The quantitative estimate of drug-likeness (QED) is 0.891. The molecule has 2 rings (SSSR count). The van der Waals surface area contributed by atoms with Gasteiger partial charge in [0, 0.05) is 29.4 Å². The third-order valence-corrected chi connectivity index (χ3v) is 4.34. The number of aliphatic hydroxyl groups is 1. The fourth-order valence-electron chi connectivity index (χ4n) is 2.34. The van der Waals surface area contributed by atoms with Crippen LogP contribution in [0.4, 0.5) is 5.69 Å². The number of nitrogens with one attached hydrogen (secondary N) is 1. The normalized spacial score (nSPS) is 23.8. The molecule has 0 spiro atoms. The van der Waals surface area contributed by atoms with E-state index in [0.29, 0.717) is 6.42 Å². The molecule has 0 aliphatic carbocycles. The highest BCUT2D eigenvalue weighted by molar-refractivity contribution is 9.10. The van der Waals surface area contributed by atoms with Gasteiger partial charge in [0.15, 0.2) is 0 Å². The van der Waals surface area contributed by atoms with Gasteiger partial charge in [-0.2, -0.15) is 0 Å². The number of carbonyl (C=O) groups is 1. The number of nitrogens with zero attached hydrogens (tertiary/aromatic N) is 1. The molecule has 2 unspecified atom stereocenters. The second-order valence-electron chi connectivity index (χ2n) is 4.96. The van der Waals surface area contributed by atoms with Gasteiger partial charge >= 0.3 is 0 Å². The third kappa shape index (κ3) is 2.99. The minimum Gasteiger partial charge on any atom is -0.396 e. The molecule has 2 atom stereocenters. The molecule has 19 heavy (non-hydrogen) atoms. The van der Waals surface area contributed by atoms with Gasteiger partial charge in [-0.05, 0) is 38.0 Å². The second-order valence-corrected chi connectivity index (χ2v) is 5.82. The van der Waals surface area contributed by atoms with E-state index in [0.717, 1.165) is 22.3 Å². The first-order chi connectivity index (χ1) is 9.04. The standard InChI is InChI=1S/C14H19BrN2O2/c1-9-3-4-11(7-12(9)15)17-10(2)8-16-13(5-6-18)14(17)19/h3-4,7,10,13,16,18H,5-6,8H2,1-2H3. The Morgan fingerprint density at radius 3 is 2.89 bits per heavy atom. The Labute approximate surface area is 121 Å². The first-order valence-electron chi connectivity index (χ1n) is 6.48. The van der Waals surface area contributed by atoms with Gasteiger partial charge < -0.3 is 15.3 Å². The van der Waals surface area contributed by atoms with Crippen molar-refractivity contribution in [3.63, 3.8) is 0 Å². The lowest BCUT2D eigenvalue weighted by Gasteiger charge is -2.38. The number of hydrogen-bond acceptors (Lipinski definition) is 3. The van der Waals surface area contributed by atoms with Crippen LogP contribution in [0.5, 0.6) is 0 Å². The Morgan fingerprint density at radius 1 is 1.53 bits per heavy atom. The molecule has 4 nitrogen and oxygen atoms in total. The number of carbonyl (C=O) groups excluding carboxylic acids is 1. The van der Waals surface area contributed by atoms with Gasteiger partial charge in [-0.3, -0.25) is 4.79 Å². The topological polar surface area (TPSA) is 52.6 Å². The second kappa shape index (κ2) is 6.03. The predicted octanol–water partition coefficient (Wildman–Crippen LogP) is 1.83. The number of benzene rings is 1. The number of amides is 1. The van der Waals surface area contributed by atoms with Crippen LogP contribution in [-0.4, -0.2) is 36.2 Å². The molecule has 5 heteroatoms. The lowest BCUT2D eigenvalue weighted by atomic mass is 10.0. The van der Waals surface area contributed by atoms with Crippen molar-refractivity contribution < 1.29 is 9.90 Å². The molecular formula is C14H19BrN2O2. The van der Waals surface area contributed by atoms with Gasteiger partial charge in [-0.15, -0.1) is 0 Å². The first-order valence-corrected chi connectivity index (χ1v) is 7.27. The van der Waals surface area contributed by atoms with E-state index in [-0.39, 0.29) is 24.6 Å². The molecule has 1 fully saturated rings. The summed E-state index contributed by atoms with van der Waals surface area (Å²) < 4.78 is 1.00. The van der Waals surface area contributed by atoms with E-state index in [1.54, 1.807) is 0 Å². The summed E-state index contributed by atoms with van der Waals surface area (Å²) in [7, 11) is 0. The van der Waals surface area contributed by atoms with E-state index >= 15 is 0 Å². The van der Waals surface area contributed by atoms with Crippen LogP contribution < -0.4 is 10.2 Å². The summed E-state index contributed by atoms with van der Waals surface area (Å²) in [4.78, 5) is 14.3. The van der Waals surface area contributed by atoms with E-state index in [1.807, 2.05) is 36.9 Å². The summed E-state index contributed by atoms with van der Waals surface area (Å²) >= 11 is 3.50. The Bertz CT molecular complexity index is 479. The van der Waals surface area contributed by atoms with Crippen LogP contribution in [0.1, 0.15) is 18.9 Å². The Kier molecular flexibility index (Phi) is 4.60. The smallest absolute Gasteiger partial charge is 0.244 e. The third-order valence-electron chi connectivity index (χ3n) is 3.49. The molecule has 0 aromatic heterocycles. The van der Waals surface area contributed by atoms with Gasteiger partial charge in [0.05, 0.1) is 6.04 Å². The van der Waals surface area contributed by atoms with Crippen molar-refractivity contribution >= 4 is 27.5 Å². The van der Waals surface area contributed by atoms with Crippen molar-refractivity contribution in [2.75, 3.05) is 18.1 Å². The van der Waals surface area contributed by atoms with E-state index in [2.05, 4.69) is 21.2 Å². The molecule has 0 saturated carbocycles. The lowest BCUT2D eigenvalue weighted by molar-refractivity contribution is -0.122. The zero-order valence-electron chi connectivity index (χ0n) is 11.2. The first kappa shape index (κ1) is 14.5. The average Bonchev–Trinajstić information content (AvgIpc) is 2.37. The number of piperazine rings is 1. The van der Waals surface area contributed by atoms with Gasteiger partial charge in [0.25, 0.3) is 0 Å². The lowest BCUT2D eigenvalue weighted by Crippen LogP contribution is -2.59. The maximum atomic E-state index is 12.5. The molecule has 1 amide bonds. The van der Waals surface area contributed by atoms with Crippen molar-refractivity contribution in [2.45, 2.75) is 32.4 Å². The van der Waals surface area contributed by atoms with Crippen LogP contribution >= 0.6 is 15.9 Å². The largest absolute Gasteiger partial charge is 0.396 e. The average molecular weight is 327 g/mol. The molecule has 1 aromatic rings. The van der Waals surface area contributed by atoms with Crippen LogP contribution in [0, 0.1) is 6.92 Å². The van der Waals surface area contributed by atoms with Gasteiger partial charge in [0.1, 0.15) is 0 Å². The molecule has 0 bridgehead atoms. The zero-order valence-corrected chi connectivity index (χ0v) is 12.8. The zero-order chi connectivity index (χ0) is 14.0.